The van der Waals surface area contributed by atoms with Gasteiger partial charge >= 0.3 is 0 Å². The molecule has 1 aliphatic rings. The minimum absolute atomic E-state index is 0.745. The predicted octanol–water partition coefficient (Wildman–Crippen LogP) is 12.0. The van der Waals surface area contributed by atoms with E-state index < -0.39 is 15.2 Å². The van der Waals surface area contributed by atoms with Crippen LogP contribution in [0.2, 0.25) is 0 Å². The summed E-state index contributed by atoms with van der Waals surface area (Å²) in [7, 11) is -6.07. The molecule has 1 heterocycles. The lowest BCUT2D eigenvalue weighted by Gasteiger charge is -2.54. The third-order valence-electron chi connectivity index (χ3n) is 13.6. The highest BCUT2D eigenvalue weighted by Crippen LogP contribution is 2.39. The summed E-state index contributed by atoms with van der Waals surface area (Å²) in [4.78, 5) is 0. The van der Waals surface area contributed by atoms with Crippen LogP contribution in [0.15, 0.2) is 146 Å². The first-order valence-electron chi connectivity index (χ1n) is 24.4. The van der Waals surface area contributed by atoms with Crippen LogP contribution >= 0.6 is 0 Å². The Morgan fingerprint density at radius 3 is 0.903 bits per heavy atom. The zero-order chi connectivity index (χ0) is 43.0. The van der Waals surface area contributed by atoms with E-state index in [0.717, 1.165) is 37.6 Å². The van der Waals surface area contributed by atoms with Crippen LogP contribution in [0.5, 0.6) is 11.5 Å². The quantitative estimate of drug-likeness (QED) is 0.0446. The highest BCUT2D eigenvalue weighted by Gasteiger charge is 2.65. The van der Waals surface area contributed by atoms with Gasteiger partial charge in [-0.2, -0.15) is 0 Å². The van der Waals surface area contributed by atoms with E-state index in [0.29, 0.717) is 0 Å². The van der Waals surface area contributed by atoms with Crippen molar-refractivity contribution in [2.45, 2.75) is 130 Å². The average Bonchev–Trinajstić information content (AvgIpc) is 3.31. The van der Waals surface area contributed by atoms with Gasteiger partial charge in [-0.15, -0.1) is 0 Å². The molecule has 0 amide bonds. The molecule has 7 rings (SSSR count). The summed E-state index contributed by atoms with van der Waals surface area (Å²) in [6.45, 7) is 10.7. The Bertz CT molecular complexity index is 2010. The second kappa shape index (κ2) is 22.6. The number of ether oxygens (including phenoxy) is 2. The van der Waals surface area contributed by atoms with E-state index in [9.17, 15) is 0 Å². The van der Waals surface area contributed by atoms with Crippen molar-refractivity contribution in [3.05, 3.63) is 157 Å². The second-order valence-electron chi connectivity index (χ2n) is 17.9. The molecule has 6 aromatic rings. The number of benzene rings is 6. The Morgan fingerprint density at radius 2 is 0.613 bits per heavy atom. The summed E-state index contributed by atoms with van der Waals surface area (Å²) in [6.07, 6.45) is 20.6. The Hall–Kier alpha value is -4.65. The van der Waals surface area contributed by atoms with Gasteiger partial charge in [0.05, 0.1) is 13.2 Å². The molecule has 0 saturated carbocycles. The molecule has 2 nitrogen and oxygen atoms in total. The first kappa shape index (κ1) is 45.4. The first-order chi connectivity index (χ1) is 30.6. The van der Waals surface area contributed by atoms with E-state index in [4.69, 9.17) is 9.47 Å². The van der Waals surface area contributed by atoms with Crippen molar-refractivity contribution >= 4 is 46.3 Å². The van der Waals surface area contributed by atoms with E-state index in [2.05, 4.69) is 173 Å². The maximum absolute atomic E-state index is 6.85. The molecule has 0 fully saturated rings. The molecule has 0 N–H and O–H groups in total. The standard InChI is InChI=1S/C58H72O2Si2/c1-5-7-9-11-13-15-17-31-41-59-55-45-53-54-46-56(60-42-32-18-16-14-12-10-8-6-2)48(4)44-58(54)62(51-37-27-21-28-38-51,52-39-29-22-30-40-52)61(57(53)43-47(55)3,49-33-23-19-24-34-49)50-35-25-20-26-36-50/h19-30,33-40,43-46H,5-18,31-32,41-42H2,1-4H3. The molecule has 0 radical (unpaired) electrons. The fraction of sp³-hybridized carbons (Fsp3) is 0.379. The van der Waals surface area contributed by atoms with Crippen molar-refractivity contribution in [2.24, 2.45) is 0 Å². The maximum atomic E-state index is 6.85. The average molecular weight is 857 g/mol. The molecule has 0 atom stereocenters. The molecular formula is C58H72O2Si2. The number of hydrogen-bond donors (Lipinski definition) is 0. The lowest BCUT2D eigenvalue weighted by molar-refractivity contribution is 0.302. The number of aryl methyl sites for hydroxylation is 2. The van der Waals surface area contributed by atoms with E-state index in [-0.39, 0.29) is 0 Å². The Morgan fingerprint density at radius 1 is 0.339 bits per heavy atom. The SMILES string of the molecule is CCCCCCCCCCOc1cc2c(cc1C)[Si](c1ccccc1)(c1ccccc1)[Si](c1ccccc1)(c1ccccc1)c1cc(C)c(OCCCCCCCCCC)cc1-2. The molecule has 1 aliphatic heterocycles. The molecule has 0 spiro atoms. The Balaban J connectivity index is 1.41. The number of unbranched alkanes of at least 4 members (excludes halogenated alkanes) is 14. The fourth-order valence-electron chi connectivity index (χ4n) is 10.6. The third kappa shape index (κ3) is 9.62. The van der Waals surface area contributed by atoms with Crippen LogP contribution in [-0.2, 0) is 0 Å². The molecule has 62 heavy (non-hydrogen) atoms. The van der Waals surface area contributed by atoms with Crippen molar-refractivity contribution in [2.75, 3.05) is 13.2 Å². The summed E-state index contributed by atoms with van der Waals surface area (Å²) in [5.74, 6) is 2.02. The highest BCUT2D eigenvalue weighted by atomic mass is 29.3. The lowest BCUT2D eigenvalue weighted by Crippen LogP contribution is -2.95. The van der Waals surface area contributed by atoms with Gasteiger partial charge in [0.25, 0.3) is 0 Å². The first-order valence-corrected chi connectivity index (χ1v) is 29.4. The number of rotatable bonds is 24. The van der Waals surface area contributed by atoms with Crippen molar-refractivity contribution < 1.29 is 9.47 Å². The maximum Gasteiger partial charge on any atom is 0.155 e. The largest absolute Gasteiger partial charge is 0.493 e. The molecule has 0 unspecified atom stereocenters. The van der Waals surface area contributed by atoms with Crippen LogP contribution in [-0.4, -0.2) is 28.4 Å². The topological polar surface area (TPSA) is 18.5 Å². The summed E-state index contributed by atoms with van der Waals surface area (Å²) < 4.78 is 13.7. The molecule has 0 saturated heterocycles. The van der Waals surface area contributed by atoms with Gasteiger partial charge < -0.3 is 9.47 Å². The number of hydrogen-bond acceptors (Lipinski definition) is 2. The van der Waals surface area contributed by atoms with Gasteiger partial charge in [-0.1, -0.05) is 258 Å². The van der Waals surface area contributed by atoms with Crippen molar-refractivity contribution in [3.8, 4) is 22.6 Å². The van der Waals surface area contributed by atoms with Crippen molar-refractivity contribution in [1.82, 2.24) is 0 Å². The number of fused-ring (bicyclic) bond motifs is 3. The van der Waals surface area contributed by atoms with Crippen LogP contribution in [0.1, 0.15) is 128 Å². The Labute approximate surface area is 377 Å². The van der Waals surface area contributed by atoms with Gasteiger partial charge in [-0.3, -0.25) is 0 Å². The molecular weight excluding hydrogens is 785 g/mol. The fourth-order valence-corrected chi connectivity index (χ4v) is 30.7. The van der Waals surface area contributed by atoms with Gasteiger partial charge in [-0.25, -0.2) is 0 Å². The molecule has 6 aromatic carbocycles. The molecule has 0 bridgehead atoms. The minimum atomic E-state index is -3.04. The van der Waals surface area contributed by atoms with E-state index in [1.807, 2.05) is 0 Å². The zero-order valence-corrected chi connectivity index (χ0v) is 40.4. The third-order valence-corrected chi connectivity index (χ3v) is 30.4. The second-order valence-corrected chi connectivity index (χ2v) is 28.8. The highest BCUT2D eigenvalue weighted by molar-refractivity contribution is 7.68. The molecule has 324 valence electrons. The lowest BCUT2D eigenvalue weighted by atomic mass is 10.0. The van der Waals surface area contributed by atoms with Gasteiger partial charge in [-0.05, 0) is 71.4 Å². The van der Waals surface area contributed by atoms with E-state index >= 15 is 0 Å². The molecule has 0 aliphatic carbocycles. The van der Waals surface area contributed by atoms with Crippen LogP contribution in [0.4, 0.5) is 0 Å². The van der Waals surface area contributed by atoms with Crippen LogP contribution in [0.3, 0.4) is 0 Å². The van der Waals surface area contributed by atoms with Crippen LogP contribution in [0.25, 0.3) is 11.1 Å². The molecule has 0 aromatic heterocycles. The normalized spacial score (nSPS) is 13.6. The summed E-state index contributed by atoms with van der Waals surface area (Å²) in [5.41, 5.74) is 5.06. The molecule has 4 heteroatoms. The summed E-state index contributed by atoms with van der Waals surface area (Å²) >= 11 is 0. The van der Waals surface area contributed by atoms with E-state index in [1.165, 1.54) is 143 Å². The Kier molecular flexibility index (Phi) is 16.6. The monoisotopic (exact) mass is 857 g/mol. The van der Waals surface area contributed by atoms with Gasteiger partial charge in [0.1, 0.15) is 11.5 Å². The van der Waals surface area contributed by atoms with Crippen LogP contribution in [0, 0.1) is 13.8 Å². The van der Waals surface area contributed by atoms with Crippen molar-refractivity contribution in [1.29, 1.82) is 0 Å². The van der Waals surface area contributed by atoms with Gasteiger partial charge in [0, 0.05) is 0 Å². The summed E-state index contributed by atoms with van der Waals surface area (Å²) in [5, 5.41) is 8.79. The van der Waals surface area contributed by atoms with Crippen LogP contribution < -0.4 is 40.6 Å². The minimum Gasteiger partial charge on any atom is -0.493 e. The smallest absolute Gasteiger partial charge is 0.155 e. The summed E-state index contributed by atoms with van der Waals surface area (Å²) in [6, 6.07) is 56.6. The predicted molar refractivity (Wildman–Crippen MR) is 273 cm³/mol. The van der Waals surface area contributed by atoms with E-state index in [1.54, 1.807) is 0 Å². The van der Waals surface area contributed by atoms with Gasteiger partial charge in [0.2, 0.25) is 0 Å². The van der Waals surface area contributed by atoms with Gasteiger partial charge in [0.15, 0.2) is 15.2 Å². The van der Waals surface area contributed by atoms with Crippen molar-refractivity contribution in [3.63, 3.8) is 0 Å². The zero-order valence-electron chi connectivity index (χ0n) is 38.4.